The predicted molar refractivity (Wildman–Crippen MR) is 85.0 cm³/mol. The number of nitrogens with zero attached hydrogens (tertiary/aromatic N) is 3. The van der Waals surface area contributed by atoms with Gasteiger partial charge in [0.15, 0.2) is 6.10 Å². The van der Waals surface area contributed by atoms with Crippen LogP contribution in [0.2, 0.25) is 0 Å². The summed E-state index contributed by atoms with van der Waals surface area (Å²) in [5.41, 5.74) is 2.15. The zero-order valence-corrected chi connectivity index (χ0v) is 13.0. The predicted octanol–water partition coefficient (Wildman–Crippen LogP) is 1.87. The maximum Gasteiger partial charge on any atom is 0.336 e. The van der Waals surface area contributed by atoms with E-state index in [0.29, 0.717) is 24.2 Å². The minimum Gasteiger partial charge on any atom is -0.467 e. The van der Waals surface area contributed by atoms with Crippen LogP contribution in [0.5, 0.6) is 0 Å². The molecule has 2 atom stereocenters. The second kappa shape index (κ2) is 6.23. The number of benzene rings is 1. The lowest BCUT2D eigenvalue weighted by Gasteiger charge is -2.37. The van der Waals surface area contributed by atoms with Gasteiger partial charge in [-0.15, -0.1) is 0 Å². The summed E-state index contributed by atoms with van der Waals surface area (Å²) in [6.45, 7) is 2.99. The Bertz CT molecular complexity index is 784. The van der Waals surface area contributed by atoms with Gasteiger partial charge in [0.05, 0.1) is 30.8 Å². The molecule has 6 nitrogen and oxygen atoms in total. The highest BCUT2D eigenvalue weighted by atomic mass is 16.6. The number of carbonyl (C=O) groups is 1. The number of aromatic nitrogens is 1. The van der Waals surface area contributed by atoms with Crippen molar-refractivity contribution >= 4 is 22.6 Å². The lowest BCUT2D eigenvalue weighted by atomic mass is 10.1. The van der Waals surface area contributed by atoms with E-state index in [1.165, 1.54) is 7.11 Å². The molecule has 1 aliphatic rings. The topological polar surface area (TPSA) is 75.5 Å². The molecule has 1 aromatic carbocycles. The lowest BCUT2D eigenvalue weighted by Crippen LogP contribution is -2.50. The van der Waals surface area contributed by atoms with Gasteiger partial charge >= 0.3 is 5.97 Å². The molecular formula is C17H17N3O3. The van der Waals surface area contributed by atoms with Gasteiger partial charge in [-0.1, -0.05) is 0 Å². The second-order valence-corrected chi connectivity index (χ2v) is 5.51. The number of hydrogen-bond donors (Lipinski definition) is 0. The van der Waals surface area contributed by atoms with Crippen molar-refractivity contribution in [1.82, 2.24) is 4.98 Å². The van der Waals surface area contributed by atoms with Gasteiger partial charge in [-0.25, -0.2) is 4.79 Å². The number of morpholine rings is 1. The van der Waals surface area contributed by atoms with Crippen LogP contribution in [0.3, 0.4) is 0 Å². The standard InChI is InChI=1S/C17H17N3O3/c1-11-9-20(10-15(23-11)17(21)22-2)14-6-5-12(8-18)16-13(14)4-3-7-19-16/h3-7,11,15H,9-10H2,1-2H3/t11-,15-/m1/s1. The van der Waals surface area contributed by atoms with E-state index in [-0.39, 0.29) is 12.1 Å². The number of pyridine rings is 1. The molecule has 0 radical (unpaired) electrons. The number of fused-ring (bicyclic) bond motifs is 1. The first-order chi connectivity index (χ1) is 11.1. The van der Waals surface area contributed by atoms with E-state index < -0.39 is 6.10 Å². The fourth-order valence-electron chi connectivity index (χ4n) is 2.93. The maximum atomic E-state index is 11.8. The van der Waals surface area contributed by atoms with Crippen molar-refractivity contribution in [3.63, 3.8) is 0 Å². The number of nitriles is 1. The highest BCUT2D eigenvalue weighted by Crippen LogP contribution is 2.30. The minimum atomic E-state index is -0.619. The Hall–Kier alpha value is -2.65. The van der Waals surface area contributed by atoms with Crippen molar-refractivity contribution in [1.29, 1.82) is 5.26 Å². The van der Waals surface area contributed by atoms with E-state index in [9.17, 15) is 10.1 Å². The minimum absolute atomic E-state index is 0.102. The first kappa shape index (κ1) is 15.3. The van der Waals surface area contributed by atoms with Crippen molar-refractivity contribution < 1.29 is 14.3 Å². The molecule has 1 aliphatic heterocycles. The maximum absolute atomic E-state index is 11.8. The summed E-state index contributed by atoms with van der Waals surface area (Å²) >= 11 is 0. The Balaban J connectivity index is 2.03. The summed E-state index contributed by atoms with van der Waals surface area (Å²) in [6, 6.07) is 9.60. The second-order valence-electron chi connectivity index (χ2n) is 5.51. The first-order valence-electron chi connectivity index (χ1n) is 7.40. The third kappa shape index (κ3) is 2.83. The molecule has 0 N–H and O–H groups in total. The molecule has 0 aliphatic carbocycles. The highest BCUT2D eigenvalue weighted by Gasteiger charge is 2.32. The molecule has 2 aromatic rings. The van der Waals surface area contributed by atoms with Gasteiger partial charge in [0.25, 0.3) is 0 Å². The Morgan fingerprint density at radius 3 is 3.00 bits per heavy atom. The summed E-state index contributed by atoms with van der Waals surface area (Å²) in [4.78, 5) is 18.2. The van der Waals surface area contributed by atoms with Gasteiger partial charge in [-0.05, 0) is 31.2 Å². The van der Waals surface area contributed by atoms with E-state index >= 15 is 0 Å². The number of esters is 1. The molecule has 1 aromatic heterocycles. The summed E-state index contributed by atoms with van der Waals surface area (Å²) in [6.07, 6.45) is 0.952. The lowest BCUT2D eigenvalue weighted by molar-refractivity contribution is -0.158. The molecule has 0 amide bonds. The van der Waals surface area contributed by atoms with Crippen molar-refractivity contribution in [2.45, 2.75) is 19.1 Å². The zero-order chi connectivity index (χ0) is 16.4. The summed E-state index contributed by atoms with van der Waals surface area (Å²) < 4.78 is 10.5. The quantitative estimate of drug-likeness (QED) is 0.788. The van der Waals surface area contributed by atoms with Crippen molar-refractivity contribution in [3.8, 4) is 6.07 Å². The molecule has 0 unspecified atom stereocenters. The van der Waals surface area contributed by atoms with Crippen LogP contribution in [0.1, 0.15) is 12.5 Å². The van der Waals surface area contributed by atoms with Gasteiger partial charge in [0.2, 0.25) is 0 Å². The molecule has 2 heterocycles. The van der Waals surface area contributed by atoms with Crippen LogP contribution in [-0.2, 0) is 14.3 Å². The molecule has 0 spiro atoms. The molecule has 0 saturated carbocycles. The number of carbonyl (C=O) groups excluding carboxylic acids is 1. The fraction of sp³-hybridized carbons (Fsp3) is 0.353. The Kier molecular flexibility index (Phi) is 4.13. The molecule has 0 bridgehead atoms. The fourth-order valence-corrected chi connectivity index (χ4v) is 2.93. The molecule has 118 valence electrons. The normalized spacial score (nSPS) is 21.0. The van der Waals surface area contributed by atoms with E-state index in [1.54, 1.807) is 12.3 Å². The molecule has 3 rings (SSSR count). The van der Waals surface area contributed by atoms with E-state index in [0.717, 1.165) is 11.1 Å². The molecule has 23 heavy (non-hydrogen) atoms. The number of methoxy groups -OCH3 is 1. The number of anilines is 1. The third-order valence-corrected chi connectivity index (χ3v) is 3.93. The first-order valence-corrected chi connectivity index (χ1v) is 7.40. The SMILES string of the molecule is COC(=O)[C@H]1CN(c2ccc(C#N)c3ncccc23)C[C@@H](C)O1. The average molecular weight is 311 g/mol. The van der Waals surface area contributed by atoms with Crippen molar-refractivity contribution in [3.05, 3.63) is 36.0 Å². The molecular weight excluding hydrogens is 294 g/mol. The van der Waals surface area contributed by atoms with E-state index in [4.69, 9.17) is 9.47 Å². The number of ether oxygens (including phenoxy) is 2. The largest absolute Gasteiger partial charge is 0.467 e. The zero-order valence-electron chi connectivity index (χ0n) is 13.0. The summed E-state index contributed by atoms with van der Waals surface area (Å²) in [5, 5.41) is 10.1. The van der Waals surface area contributed by atoms with Gasteiger partial charge < -0.3 is 14.4 Å². The van der Waals surface area contributed by atoms with Crippen LogP contribution < -0.4 is 4.90 Å². The third-order valence-electron chi connectivity index (χ3n) is 3.93. The summed E-state index contributed by atoms with van der Waals surface area (Å²) in [5.74, 6) is -0.377. The van der Waals surface area contributed by atoms with Crippen molar-refractivity contribution in [2.75, 3.05) is 25.1 Å². The van der Waals surface area contributed by atoms with E-state index in [2.05, 4.69) is 16.0 Å². The van der Waals surface area contributed by atoms with Crippen LogP contribution in [0.25, 0.3) is 10.9 Å². The Labute approximate surface area is 134 Å². The Morgan fingerprint density at radius 1 is 1.43 bits per heavy atom. The van der Waals surface area contributed by atoms with Gasteiger partial charge in [0.1, 0.15) is 6.07 Å². The smallest absolute Gasteiger partial charge is 0.336 e. The number of hydrogen-bond acceptors (Lipinski definition) is 6. The highest BCUT2D eigenvalue weighted by molar-refractivity contribution is 5.95. The van der Waals surface area contributed by atoms with Crippen LogP contribution in [0.4, 0.5) is 5.69 Å². The van der Waals surface area contributed by atoms with Crippen molar-refractivity contribution in [2.24, 2.45) is 0 Å². The Morgan fingerprint density at radius 2 is 2.26 bits per heavy atom. The molecule has 1 fully saturated rings. The van der Waals surface area contributed by atoms with Gasteiger partial charge in [-0.2, -0.15) is 5.26 Å². The molecule has 1 saturated heterocycles. The average Bonchev–Trinajstić information content (AvgIpc) is 2.59. The van der Waals surface area contributed by atoms with Gasteiger partial charge in [-0.3, -0.25) is 4.98 Å². The number of rotatable bonds is 2. The van der Waals surface area contributed by atoms with E-state index in [1.807, 2.05) is 25.1 Å². The van der Waals surface area contributed by atoms with Crippen LogP contribution in [-0.4, -0.2) is 43.4 Å². The van der Waals surface area contributed by atoms with Crippen LogP contribution >= 0.6 is 0 Å². The van der Waals surface area contributed by atoms with Crippen LogP contribution in [0.15, 0.2) is 30.5 Å². The van der Waals surface area contributed by atoms with Gasteiger partial charge in [0, 0.05) is 23.8 Å². The van der Waals surface area contributed by atoms with Crippen LogP contribution in [0, 0.1) is 11.3 Å². The molecule has 6 heteroatoms. The monoisotopic (exact) mass is 311 g/mol. The summed E-state index contributed by atoms with van der Waals surface area (Å²) in [7, 11) is 1.36.